The molecule has 3 aromatic rings. The van der Waals surface area contributed by atoms with Crippen molar-refractivity contribution in [1.29, 1.82) is 0 Å². The molecule has 138 valence electrons. The molecule has 0 spiro atoms. The molecule has 1 aliphatic heterocycles. The van der Waals surface area contributed by atoms with Crippen LogP contribution in [-0.4, -0.2) is 15.2 Å². The first-order chi connectivity index (χ1) is 12.9. The second kappa shape index (κ2) is 6.55. The van der Waals surface area contributed by atoms with E-state index in [1.54, 1.807) is 36.4 Å². The number of halogens is 2. The van der Waals surface area contributed by atoms with Gasteiger partial charge in [-0.15, -0.1) is 0 Å². The van der Waals surface area contributed by atoms with Crippen molar-refractivity contribution in [3.63, 3.8) is 0 Å². The number of hydrogen-bond acceptors (Lipinski definition) is 4. The molecule has 0 amide bonds. The van der Waals surface area contributed by atoms with E-state index in [4.69, 9.17) is 9.47 Å². The summed E-state index contributed by atoms with van der Waals surface area (Å²) >= 11 is 0. The van der Waals surface area contributed by atoms with Crippen LogP contribution in [0.3, 0.4) is 0 Å². The van der Waals surface area contributed by atoms with Gasteiger partial charge < -0.3 is 9.47 Å². The third kappa shape index (κ3) is 3.31. The largest absolute Gasteiger partial charge is 0.454 e. The minimum absolute atomic E-state index is 0.00590. The maximum Gasteiger partial charge on any atom is 0.261 e. The monoisotopic (exact) mass is 389 g/mol. The predicted octanol–water partition coefficient (Wildman–Crippen LogP) is 4.16. The van der Waals surface area contributed by atoms with Gasteiger partial charge in [-0.05, 0) is 35.9 Å². The highest BCUT2D eigenvalue weighted by Crippen LogP contribution is 2.39. The molecule has 1 heterocycles. The lowest BCUT2D eigenvalue weighted by Gasteiger charge is -2.14. The molecule has 1 N–H and O–H groups in total. The van der Waals surface area contributed by atoms with Gasteiger partial charge >= 0.3 is 0 Å². The molecule has 0 fully saturated rings. The van der Waals surface area contributed by atoms with E-state index in [0.717, 1.165) is 12.1 Å². The smallest absolute Gasteiger partial charge is 0.261 e. The van der Waals surface area contributed by atoms with Crippen molar-refractivity contribution in [1.82, 2.24) is 0 Å². The third-order valence-corrected chi connectivity index (χ3v) is 5.42. The summed E-state index contributed by atoms with van der Waals surface area (Å²) in [6.45, 7) is 0.0596. The highest BCUT2D eigenvalue weighted by atomic mass is 32.2. The van der Waals surface area contributed by atoms with Gasteiger partial charge in [-0.25, -0.2) is 17.2 Å². The SMILES string of the molecule is O=S(=O)(Nc1cc(F)c(F)cc1-c1ccc2c(c1)OCO2)c1ccccc1. The fourth-order valence-corrected chi connectivity index (χ4v) is 3.83. The number of anilines is 1. The highest BCUT2D eigenvalue weighted by Gasteiger charge is 2.21. The first-order valence-electron chi connectivity index (χ1n) is 7.91. The zero-order valence-electron chi connectivity index (χ0n) is 13.8. The lowest BCUT2D eigenvalue weighted by molar-refractivity contribution is 0.174. The maximum atomic E-state index is 13.9. The Balaban J connectivity index is 1.80. The van der Waals surface area contributed by atoms with Crippen LogP contribution in [0.15, 0.2) is 65.6 Å². The molecule has 4 rings (SSSR count). The molecule has 5 nitrogen and oxygen atoms in total. The minimum Gasteiger partial charge on any atom is -0.454 e. The molecule has 0 atom stereocenters. The van der Waals surface area contributed by atoms with Crippen LogP contribution in [0.5, 0.6) is 11.5 Å². The first kappa shape index (κ1) is 17.3. The molecule has 0 saturated heterocycles. The predicted molar refractivity (Wildman–Crippen MR) is 95.2 cm³/mol. The lowest BCUT2D eigenvalue weighted by atomic mass is 10.0. The van der Waals surface area contributed by atoms with Gasteiger partial charge in [0, 0.05) is 11.6 Å². The van der Waals surface area contributed by atoms with Gasteiger partial charge in [0.2, 0.25) is 6.79 Å². The Morgan fingerprint density at radius 3 is 2.33 bits per heavy atom. The second-order valence-corrected chi connectivity index (χ2v) is 7.48. The van der Waals surface area contributed by atoms with Gasteiger partial charge in [0.1, 0.15) is 0 Å². The normalized spacial score (nSPS) is 12.8. The van der Waals surface area contributed by atoms with Gasteiger partial charge in [-0.1, -0.05) is 24.3 Å². The molecule has 1 aliphatic rings. The second-order valence-electron chi connectivity index (χ2n) is 5.80. The Morgan fingerprint density at radius 2 is 1.56 bits per heavy atom. The van der Waals surface area contributed by atoms with E-state index in [9.17, 15) is 17.2 Å². The van der Waals surface area contributed by atoms with Crippen molar-refractivity contribution >= 4 is 15.7 Å². The molecule has 3 aromatic carbocycles. The Kier molecular flexibility index (Phi) is 4.19. The van der Waals surface area contributed by atoms with Gasteiger partial charge in [0.15, 0.2) is 23.1 Å². The summed E-state index contributed by atoms with van der Waals surface area (Å²) in [4.78, 5) is 0.00590. The Bertz CT molecular complexity index is 1120. The minimum atomic E-state index is -3.98. The molecule has 0 aliphatic carbocycles. The van der Waals surface area contributed by atoms with E-state index in [0.29, 0.717) is 17.1 Å². The molecule has 8 heteroatoms. The van der Waals surface area contributed by atoms with E-state index in [2.05, 4.69) is 4.72 Å². The molecule has 0 bridgehead atoms. The Labute approximate surface area is 154 Å². The average Bonchev–Trinajstić information content (AvgIpc) is 3.13. The van der Waals surface area contributed by atoms with Crippen molar-refractivity contribution in [3.05, 3.63) is 72.3 Å². The molecule has 0 unspecified atom stereocenters. The fourth-order valence-electron chi connectivity index (χ4n) is 2.74. The molecule has 0 aromatic heterocycles. The first-order valence-corrected chi connectivity index (χ1v) is 9.39. The number of ether oxygens (including phenoxy) is 2. The van der Waals surface area contributed by atoms with E-state index >= 15 is 0 Å². The average molecular weight is 389 g/mol. The van der Waals surface area contributed by atoms with Gasteiger partial charge in [-0.3, -0.25) is 4.72 Å². The number of benzene rings is 3. The van der Waals surface area contributed by atoms with Crippen LogP contribution in [0, 0.1) is 11.6 Å². The summed E-state index contributed by atoms with van der Waals surface area (Å²) in [5.41, 5.74) is 0.534. The van der Waals surface area contributed by atoms with Crippen LogP contribution in [0.4, 0.5) is 14.5 Å². The maximum absolute atomic E-state index is 13.9. The van der Waals surface area contributed by atoms with E-state index in [-0.39, 0.29) is 22.9 Å². The zero-order valence-corrected chi connectivity index (χ0v) is 14.6. The van der Waals surface area contributed by atoms with Crippen LogP contribution in [0.25, 0.3) is 11.1 Å². The van der Waals surface area contributed by atoms with Crippen LogP contribution in [0.1, 0.15) is 0 Å². The quantitative estimate of drug-likeness (QED) is 0.728. The number of fused-ring (bicyclic) bond motifs is 1. The summed E-state index contributed by atoms with van der Waals surface area (Å²) < 4.78 is 65.7. The number of hydrogen-bond donors (Lipinski definition) is 1. The van der Waals surface area contributed by atoms with Gasteiger partial charge in [0.05, 0.1) is 10.6 Å². The van der Waals surface area contributed by atoms with E-state index in [1.165, 1.54) is 12.1 Å². The van der Waals surface area contributed by atoms with Crippen molar-refractivity contribution in [2.24, 2.45) is 0 Å². The summed E-state index contributed by atoms with van der Waals surface area (Å²) in [6, 6.07) is 14.2. The van der Waals surface area contributed by atoms with Crippen LogP contribution in [-0.2, 0) is 10.0 Å². The van der Waals surface area contributed by atoms with Crippen LogP contribution < -0.4 is 14.2 Å². The summed E-state index contributed by atoms with van der Waals surface area (Å²) in [7, 11) is -3.98. The molecule has 0 radical (unpaired) electrons. The Hall–Kier alpha value is -3.13. The van der Waals surface area contributed by atoms with Crippen molar-refractivity contribution in [2.75, 3.05) is 11.5 Å². The molecular weight excluding hydrogens is 376 g/mol. The third-order valence-electron chi connectivity index (χ3n) is 4.04. The van der Waals surface area contributed by atoms with Gasteiger partial charge in [-0.2, -0.15) is 0 Å². The lowest BCUT2D eigenvalue weighted by Crippen LogP contribution is -2.14. The standard InChI is InChI=1S/C19H13F2NO4S/c20-15-9-14(12-6-7-18-19(8-12)26-11-25-18)17(10-16(15)21)22-27(23,24)13-4-2-1-3-5-13/h1-10,22H,11H2. The fraction of sp³-hybridized carbons (Fsp3) is 0.0526. The van der Waals surface area contributed by atoms with Crippen LogP contribution >= 0.6 is 0 Å². The molecular formula is C19H13F2NO4S. The van der Waals surface area contributed by atoms with Crippen molar-refractivity contribution in [3.8, 4) is 22.6 Å². The van der Waals surface area contributed by atoms with Crippen LogP contribution in [0.2, 0.25) is 0 Å². The van der Waals surface area contributed by atoms with Crippen molar-refractivity contribution in [2.45, 2.75) is 4.90 Å². The highest BCUT2D eigenvalue weighted by molar-refractivity contribution is 7.92. The number of sulfonamides is 1. The summed E-state index contributed by atoms with van der Waals surface area (Å²) in [5.74, 6) is -1.29. The topological polar surface area (TPSA) is 64.6 Å². The van der Waals surface area contributed by atoms with Crippen molar-refractivity contribution < 1.29 is 26.7 Å². The zero-order chi connectivity index (χ0) is 19.0. The van der Waals surface area contributed by atoms with E-state index < -0.39 is 21.7 Å². The molecule has 27 heavy (non-hydrogen) atoms. The number of rotatable bonds is 4. The Morgan fingerprint density at radius 1 is 0.852 bits per heavy atom. The number of nitrogens with one attached hydrogen (secondary N) is 1. The van der Waals surface area contributed by atoms with Gasteiger partial charge in [0.25, 0.3) is 10.0 Å². The summed E-state index contributed by atoms with van der Waals surface area (Å²) in [6.07, 6.45) is 0. The van der Waals surface area contributed by atoms with E-state index in [1.807, 2.05) is 0 Å². The summed E-state index contributed by atoms with van der Waals surface area (Å²) in [5, 5.41) is 0. The molecule has 0 saturated carbocycles.